The van der Waals surface area contributed by atoms with Crippen molar-refractivity contribution in [3.05, 3.63) is 87.7 Å². The molecule has 3 aromatic rings. The molecule has 3 amide bonds. The fourth-order valence-corrected chi connectivity index (χ4v) is 5.69. The molecule has 1 aliphatic heterocycles. The maximum absolute atomic E-state index is 14.1. The number of aromatic amines is 1. The van der Waals surface area contributed by atoms with E-state index < -0.39 is 5.91 Å². The zero-order valence-corrected chi connectivity index (χ0v) is 24.2. The normalized spacial score (nSPS) is 15.4. The smallest absolute Gasteiger partial charge is 0.259 e. The quantitative estimate of drug-likeness (QED) is 0.242. The van der Waals surface area contributed by atoms with Gasteiger partial charge in [-0.3, -0.25) is 19.3 Å². The number of nitrogens with zero attached hydrogens (tertiary/aromatic N) is 2. The minimum absolute atomic E-state index is 0.119. The summed E-state index contributed by atoms with van der Waals surface area (Å²) < 4.78 is 0. The third-order valence-electron chi connectivity index (χ3n) is 7.85. The van der Waals surface area contributed by atoms with Gasteiger partial charge in [0, 0.05) is 22.5 Å². The van der Waals surface area contributed by atoms with E-state index in [1.165, 1.54) is 0 Å². The Labute approximate surface area is 236 Å². The minimum Gasteiger partial charge on any atom is -0.366 e. The number of hydrogen-bond donors (Lipinski definition) is 3. The lowest BCUT2D eigenvalue weighted by molar-refractivity contribution is -0.113. The number of primary amides is 1. The van der Waals surface area contributed by atoms with Crippen molar-refractivity contribution < 1.29 is 14.4 Å². The van der Waals surface area contributed by atoms with Gasteiger partial charge in [0.2, 0.25) is 5.91 Å². The summed E-state index contributed by atoms with van der Waals surface area (Å²) in [6.45, 7) is 13.5. The van der Waals surface area contributed by atoms with Crippen LogP contribution >= 0.6 is 0 Å². The minimum atomic E-state index is -0.559. The van der Waals surface area contributed by atoms with Gasteiger partial charge < -0.3 is 20.9 Å². The molecule has 4 rings (SSSR count). The van der Waals surface area contributed by atoms with Gasteiger partial charge in [-0.2, -0.15) is 0 Å². The Morgan fingerprint density at radius 1 is 1.07 bits per heavy atom. The van der Waals surface area contributed by atoms with Crippen LogP contribution in [-0.2, 0) is 4.79 Å². The van der Waals surface area contributed by atoms with Gasteiger partial charge in [-0.15, -0.1) is 0 Å². The first kappa shape index (κ1) is 28.8. The topological polar surface area (TPSA) is 112 Å². The van der Waals surface area contributed by atoms with Crippen molar-refractivity contribution in [2.45, 2.75) is 60.2 Å². The van der Waals surface area contributed by atoms with Gasteiger partial charge >= 0.3 is 0 Å². The number of benzene rings is 2. The van der Waals surface area contributed by atoms with E-state index in [-0.39, 0.29) is 24.0 Å². The second-order valence-corrected chi connectivity index (χ2v) is 10.2. The third-order valence-corrected chi connectivity index (χ3v) is 7.85. The van der Waals surface area contributed by atoms with Gasteiger partial charge in [0.15, 0.2) is 0 Å². The van der Waals surface area contributed by atoms with Gasteiger partial charge in [-0.1, -0.05) is 51.1 Å². The molecule has 2 atom stereocenters. The van der Waals surface area contributed by atoms with Gasteiger partial charge in [-0.05, 0) is 75.7 Å². The van der Waals surface area contributed by atoms with Crippen molar-refractivity contribution in [1.82, 2.24) is 15.2 Å². The number of hydrogen-bond acceptors (Lipinski definition) is 4. The summed E-state index contributed by atoms with van der Waals surface area (Å²) >= 11 is 0. The zero-order valence-electron chi connectivity index (χ0n) is 24.2. The Hall–Kier alpha value is -4.17. The molecule has 40 heavy (non-hydrogen) atoms. The van der Waals surface area contributed by atoms with Crippen LogP contribution < -0.4 is 16.0 Å². The molecule has 1 aromatic heterocycles. The van der Waals surface area contributed by atoms with Crippen LogP contribution in [0.3, 0.4) is 0 Å². The molecule has 210 valence electrons. The van der Waals surface area contributed by atoms with Crippen LogP contribution in [0.15, 0.2) is 48.5 Å². The van der Waals surface area contributed by atoms with Crippen LogP contribution in [0.4, 0.5) is 5.69 Å². The Bertz CT molecular complexity index is 1450. The number of anilines is 1. The Kier molecular flexibility index (Phi) is 8.59. The van der Waals surface area contributed by atoms with Crippen molar-refractivity contribution in [1.29, 1.82) is 0 Å². The van der Waals surface area contributed by atoms with E-state index in [0.717, 1.165) is 35.6 Å². The average molecular weight is 542 g/mol. The van der Waals surface area contributed by atoms with Crippen molar-refractivity contribution in [2.24, 2.45) is 5.73 Å². The number of rotatable bonds is 10. The highest BCUT2D eigenvalue weighted by Gasteiger charge is 2.37. The van der Waals surface area contributed by atoms with E-state index in [4.69, 9.17) is 5.73 Å². The summed E-state index contributed by atoms with van der Waals surface area (Å²) in [4.78, 5) is 46.7. The average Bonchev–Trinajstić information content (AvgIpc) is 3.37. The molecule has 1 aliphatic rings. The van der Waals surface area contributed by atoms with Gasteiger partial charge in [0.25, 0.3) is 11.8 Å². The van der Waals surface area contributed by atoms with Crippen LogP contribution in [0.1, 0.15) is 89.0 Å². The largest absolute Gasteiger partial charge is 0.366 e. The SMILES string of the molecule is CC[C@@H](c1ccccc1)N1C(=O)/C(=C\c2[nH]c(C)c(C(=O)NC(C)N(CC)CC)c2C)c2cc(C(N)=O)ccc21. The lowest BCUT2D eigenvalue weighted by Gasteiger charge is -2.28. The summed E-state index contributed by atoms with van der Waals surface area (Å²) in [6, 6.07) is 14.9. The first-order chi connectivity index (χ1) is 19.1. The van der Waals surface area contributed by atoms with Crippen molar-refractivity contribution in [2.75, 3.05) is 18.0 Å². The molecule has 8 heteroatoms. The van der Waals surface area contributed by atoms with Gasteiger partial charge in [-0.25, -0.2) is 0 Å². The molecule has 0 saturated heterocycles. The summed E-state index contributed by atoms with van der Waals surface area (Å²) in [5, 5.41) is 3.10. The number of aromatic nitrogens is 1. The molecule has 8 nitrogen and oxygen atoms in total. The summed E-state index contributed by atoms with van der Waals surface area (Å²) in [7, 11) is 0. The maximum atomic E-state index is 14.1. The van der Waals surface area contributed by atoms with E-state index in [9.17, 15) is 14.4 Å². The van der Waals surface area contributed by atoms with E-state index in [1.54, 1.807) is 29.2 Å². The van der Waals surface area contributed by atoms with E-state index in [0.29, 0.717) is 34.4 Å². The molecule has 1 unspecified atom stereocenters. The Morgan fingerprint density at radius 3 is 2.35 bits per heavy atom. The van der Waals surface area contributed by atoms with Crippen molar-refractivity contribution in [3.63, 3.8) is 0 Å². The van der Waals surface area contributed by atoms with Crippen LogP contribution in [0, 0.1) is 13.8 Å². The summed E-state index contributed by atoms with van der Waals surface area (Å²) in [5.41, 5.74) is 11.5. The highest BCUT2D eigenvalue weighted by Crippen LogP contribution is 2.44. The lowest BCUT2D eigenvalue weighted by atomic mass is 10.0. The number of H-pyrrole nitrogens is 1. The predicted octanol–water partition coefficient (Wildman–Crippen LogP) is 5.19. The fourth-order valence-electron chi connectivity index (χ4n) is 5.69. The zero-order chi connectivity index (χ0) is 29.1. The standard InChI is InChI=1S/C32H39N5O3/c1-7-27(22-13-11-10-12-14-22)37-28-16-15-23(30(33)38)17-24(28)25(32(37)40)18-26-19(4)29(20(5)34-26)31(39)35-21(6)36(8-2)9-3/h10-18,21,27,34H,7-9H2,1-6H3,(H2,33,38)(H,35,39)/b25-18-/t21?,27-/m0/s1. The molecule has 2 heterocycles. The number of carbonyl (C=O) groups excluding carboxylic acids is 3. The molecule has 0 saturated carbocycles. The summed E-state index contributed by atoms with van der Waals surface area (Å²) in [6.07, 6.45) is 2.37. The lowest BCUT2D eigenvalue weighted by Crippen LogP contribution is -2.46. The van der Waals surface area contributed by atoms with Gasteiger partial charge in [0.05, 0.1) is 29.0 Å². The molecule has 0 fully saturated rings. The fraction of sp³-hybridized carbons (Fsp3) is 0.344. The molecule has 0 bridgehead atoms. The molecular weight excluding hydrogens is 502 g/mol. The van der Waals surface area contributed by atoms with Crippen LogP contribution in [0.25, 0.3) is 11.6 Å². The first-order valence-corrected chi connectivity index (χ1v) is 13.9. The molecule has 2 aromatic carbocycles. The van der Waals surface area contributed by atoms with Crippen LogP contribution in [0.5, 0.6) is 0 Å². The number of nitrogens with one attached hydrogen (secondary N) is 2. The number of carbonyl (C=O) groups is 3. The number of aryl methyl sites for hydroxylation is 1. The Balaban J connectivity index is 1.79. The highest BCUT2D eigenvalue weighted by molar-refractivity contribution is 6.36. The van der Waals surface area contributed by atoms with Gasteiger partial charge in [0.1, 0.15) is 0 Å². The molecular formula is C32H39N5O3. The second-order valence-electron chi connectivity index (χ2n) is 10.2. The van der Waals surface area contributed by atoms with Crippen molar-refractivity contribution in [3.8, 4) is 0 Å². The number of amides is 3. The molecule has 0 spiro atoms. The molecule has 4 N–H and O–H groups in total. The number of fused-ring (bicyclic) bond motifs is 1. The van der Waals surface area contributed by atoms with E-state index in [1.807, 2.05) is 58.0 Å². The maximum Gasteiger partial charge on any atom is 0.259 e. The molecule has 0 aliphatic carbocycles. The van der Waals surface area contributed by atoms with Crippen LogP contribution in [-0.4, -0.2) is 46.9 Å². The monoisotopic (exact) mass is 541 g/mol. The summed E-state index contributed by atoms with van der Waals surface area (Å²) in [5.74, 6) is -0.891. The third kappa shape index (κ3) is 5.31. The Morgan fingerprint density at radius 2 is 1.75 bits per heavy atom. The predicted molar refractivity (Wildman–Crippen MR) is 160 cm³/mol. The first-order valence-electron chi connectivity index (χ1n) is 13.9. The number of nitrogens with two attached hydrogens (primary N) is 1. The molecule has 0 radical (unpaired) electrons. The second kappa shape index (κ2) is 11.9. The van der Waals surface area contributed by atoms with Crippen molar-refractivity contribution >= 4 is 35.1 Å². The van der Waals surface area contributed by atoms with E-state index in [2.05, 4.69) is 29.0 Å². The highest BCUT2D eigenvalue weighted by atomic mass is 16.2. The van der Waals surface area contributed by atoms with E-state index >= 15 is 0 Å². The van der Waals surface area contributed by atoms with Crippen LogP contribution in [0.2, 0.25) is 0 Å².